The highest BCUT2D eigenvalue weighted by Gasteiger charge is 2.06. The van der Waals surface area contributed by atoms with Crippen LogP contribution in [0.2, 0.25) is 0 Å². The zero-order valence-electron chi connectivity index (χ0n) is 12.9. The van der Waals surface area contributed by atoms with Crippen LogP contribution in [-0.2, 0) is 6.42 Å². The highest BCUT2D eigenvalue weighted by Crippen LogP contribution is 2.19. The predicted octanol–water partition coefficient (Wildman–Crippen LogP) is 4.23. The van der Waals surface area contributed by atoms with E-state index in [0.717, 1.165) is 4.48 Å². The number of rotatable bonds is 7. The van der Waals surface area contributed by atoms with Gasteiger partial charge in [0.05, 0.1) is 27.7 Å². The van der Waals surface area contributed by atoms with Crippen molar-refractivity contribution in [3.8, 4) is 0 Å². The molecule has 0 aliphatic rings. The monoisotopic (exact) mass is 248 g/mol. The number of hydrogen-bond donors (Lipinski definition) is 0. The van der Waals surface area contributed by atoms with Crippen LogP contribution in [0.4, 0.5) is 0 Å². The van der Waals surface area contributed by atoms with Crippen LogP contribution in [0.25, 0.3) is 0 Å². The molecule has 1 rings (SSSR count). The molecule has 0 heterocycles. The van der Waals surface area contributed by atoms with Crippen molar-refractivity contribution in [2.24, 2.45) is 0 Å². The minimum Gasteiger partial charge on any atom is -0.331 e. The molecular weight excluding hydrogens is 218 g/mol. The summed E-state index contributed by atoms with van der Waals surface area (Å²) in [5, 5.41) is 0. The van der Waals surface area contributed by atoms with E-state index in [4.69, 9.17) is 0 Å². The lowest BCUT2D eigenvalue weighted by Crippen LogP contribution is -2.35. The molecule has 0 spiro atoms. The first kappa shape index (κ1) is 15.2. The summed E-state index contributed by atoms with van der Waals surface area (Å²) in [4.78, 5) is 0. The molecule has 1 nitrogen and oxygen atoms in total. The Hall–Kier alpha value is -0.820. The molecule has 1 aromatic rings. The molecule has 18 heavy (non-hydrogen) atoms. The van der Waals surface area contributed by atoms with Gasteiger partial charge in [0.25, 0.3) is 0 Å². The average molecular weight is 248 g/mol. The Bertz CT molecular complexity index is 332. The Labute approximate surface area is 113 Å². The first-order valence-electron chi connectivity index (χ1n) is 7.31. The van der Waals surface area contributed by atoms with Gasteiger partial charge in [-0.1, -0.05) is 38.1 Å². The third kappa shape index (κ3) is 5.68. The van der Waals surface area contributed by atoms with Gasteiger partial charge < -0.3 is 4.48 Å². The van der Waals surface area contributed by atoms with Crippen LogP contribution in [0, 0.1) is 0 Å². The number of aryl methyl sites for hydroxylation is 1. The molecular formula is C17H30N+. The molecule has 1 aromatic carbocycles. The number of quaternary nitrogens is 1. The summed E-state index contributed by atoms with van der Waals surface area (Å²) in [5.74, 6) is 0.692. The van der Waals surface area contributed by atoms with Gasteiger partial charge in [-0.3, -0.25) is 0 Å². The molecule has 0 N–H and O–H groups in total. The van der Waals surface area contributed by atoms with Gasteiger partial charge in [-0.25, -0.2) is 0 Å². The van der Waals surface area contributed by atoms with Gasteiger partial charge in [-0.2, -0.15) is 0 Å². The van der Waals surface area contributed by atoms with E-state index in [9.17, 15) is 0 Å². The minimum atomic E-state index is 0.692. The molecule has 0 saturated carbocycles. The van der Waals surface area contributed by atoms with E-state index < -0.39 is 0 Å². The van der Waals surface area contributed by atoms with E-state index in [1.165, 1.54) is 43.4 Å². The zero-order valence-corrected chi connectivity index (χ0v) is 12.9. The van der Waals surface area contributed by atoms with E-state index in [2.05, 4.69) is 59.3 Å². The molecule has 1 unspecified atom stereocenters. The summed E-state index contributed by atoms with van der Waals surface area (Å²) in [5.41, 5.74) is 2.97. The van der Waals surface area contributed by atoms with Crippen LogP contribution in [0.3, 0.4) is 0 Å². The third-order valence-electron chi connectivity index (χ3n) is 3.71. The lowest BCUT2D eigenvalue weighted by Gasteiger charge is -2.23. The van der Waals surface area contributed by atoms with E-state index >= 15 is 0 Å². The summed E-state index contributed by atoms with van der Waals surface area (Å²) in [6, 6.07) is 9.24. The Balaban J connectivity index is 2.35. The molecule has 0 fully saturated rings. The number of hydrogen-bond acceptors (Lipinski definition) is 0. The largest absolute Gasteiger partial charge is 0.331 e. The van der Waals surface area contributed by atoms with Crippen molar-refractivity contribution in [2.75, 3.05) is 27.7 Å². The molecule has 0 bridgehead atoms. The number of unbranched alkanes of at least 4 members (excludes halogenated alkanes) is 1. The van der Waals surface area contributed by atoms with Crippen molar-refractivity contribution in [3.05, 3.63) is 35.4 Å². The van der Waals surface area contributed by atoms with Gasteiger partial charge in [0.2, 0.25) is 0 Å². The fraction of sp³-hybridized carbons (Fsp3) is 0.647. The van der Waals surface area contributed by atoms with Gasteiger partial charge in [0.15, 0.2) is 0 Å². The lowest BCUT2D eigenvalue weighted by atomic mass is 9.96. The second kappa shape index (κ2) is 6.94. The van der Waals surface area contributed by atoms with E-state index in [0.29, 0.717) is 5.92 Å². The second-order valence-electron chi connectivity index (χ2n) is 6.52. The van der Waals surface area contributed by atoms with Gasteiger partial charge in [0.1, 0.15) is 0 Å². The van der Waals surface area contributed by atoms with Crippen LogP contribution >= 0.6 is 0 Å². The van der Waals surface area contributed by atoms with Crippen molar-refractivity contribution in [1.82, 2.24) is 0 Å². The Morgan fingerprint density at radius 1 is 1.00 bits per heavy atom. The fourth-order valence-electron chi connectivity index (χ4n) is 2.16. The SMILES string of the molecule is CCC(C)c1ccc(CCCC[N+](C)(C)C)cc1. The molecule has 0 radical (unpaired) electrons. The molecule has 0 aliphatic carbocycles. The Kier molecular flexibility index (Phi) is 5.87. The number of benzene rings is 1. The summed E-state index contributed by atoms with van der Waals surface area (Å²) in [6.45, 7) is 5.82. The van der Waals surface area contributed by atoms with Crippen molar-refractivity contribution in [2.45, 2.75) is 45.4 Å². The molecule has 1 atom stereocenters. The topological polar surface area (TPSA) is 0 Å². The molecule has 0 saturated heterocycles. The summed E-state index contributed by atoms with van der Waals surface area (Å²) >= 11 is 0. The van der Waals surface area contributed by atoms with Crippen LogP contribution in [0.1, 0.15) is 50.2 Å². The van der Waals surface area contributed by atoms with Gasteiger partial charge in [-0.05, 0) is 42.7 Å². The highest BCUT2D eigenvalue weighted by atomic mass is 15.3. The van der Waals surface area contributed by atoms with Crippen molar-refractivity contribution >= 4 is 0 Å². The van der Waals surface area contributed by atoms with Crippen molar-refractivity contribution < 1.29 is 4.48 Å². The summed E-state index contributed by atoms with van der Waals surface area (Å²) in [6.07, 6.45) is 5.07. The van der Waals surface area contributed by atoms with Crippen LogP contribution in [-0.4, -0.2) is 32.2 Å². The van der Waals surface area contributed by atoms with Crippen molar-refractivity contribution in [3.63, 3.8) is 0 Å². The Morgan fingerprint density at radius 2 is 1.61 bits per heavy atom. The molecule has 0 aliphatic heterocycles. The first-order valence-corrected chi connectivity index (χ1v) is 7.31. The predicted molar refractivity (Wildman–Crippen MR) is 81.0 cm³/mol. The smallest absolute Gasteiger partial charge is 0.0780 e. The standard InChI is InChI=1S/C17H30N/c1-6-15(2)17-12-10-16(11-13-17)9-7-8-14-18(3,4)5/h10-13,15H,6-9,14H2,1-5H3/q+1. The van der Waals surface area contributed by atoms with Crippen LogP contribution in [0.5, 0.6) is 0 Å². The normalized spacial score (nSPS) is 13.6. The van der Waals surface area contributed by atoms with Crippen molar-refractivity contribution in [1.29, 1.82) is 0 Å². The molecule has 0 amide bonds. The van der Waals surface area contributed by atoms with Gasteiger partial charge in [0, 0.05) is 0 Å². The van der Waals surface area contributed by atoms with Gasteiger partial charge >= 0.3 is 0 Å². The molecule has 102 valence electrons. The van der Waals surface area contributed by atoms with E-state index in [-0.39, 0.29) is 0 Å². The maximum atomic E-state index is 2.31. The van der Waals surface area contributed by atoms with Crippen LogP contribution in [0.15, 0.2) is 24.3 Å². The molecule has 1 heteroatoms. The highest BCUT2D eigenvalue weighted by molar-refractivity contribution is 5.25. The number of nitrogens with zero attached hydrogens (tertiary/aromatic N) is 1. The summed E-state index contributed by atoms with van der Waals surface area (Å²) < 4.78 is 1.08. The quantitative estimate of drug-likeness (QED) is 0.500. The lowest BCUT2D eigenvalue weighted by molar-refractivity contribution is -0.870. The van der Waals surface area contributed by atoms with E-state index in [1.54, 1.807) is 0 Å². The zero-order chi connectivity index (χ0) is 13.6. The summed E-state index contributed by atoms with van der Waals surface area (Å²) in [7, 11) is 6.79. The van der Waals surface area contributed by atoms with Gasteiger partial charge in [-0.15, -0.1) is 0 Å². The van der Waals surface area contributed by atoms with Crippen LogP contribution < -0.4 is 0 Å². The first-order chi connectivity index (χ1) is 8.42. The maximum absolute atomic E-state index is 2.31. The average Bonchev–Trinajstić information content (AvgIpc) is 2.33. The second-order valence-corrected chi connectivity index (χ2v) is 6.52. The molecule has 0 aromatic heterocycles. The minimum absolute atomic E-state index is 0.692. The maximum Gasteiger partial charge on any atom is 0.0780 e. The Morgan fingerprint density at radius 3 is 2.11 bits per heavy atom. The third-order valence-corrected chi connectivity index (χ3v) is 3.71. The van der Waals surface area contributed by atoms with E-state index in [1.807, 2.05) is 0 Å². The fourth-order valence-corrected chi connectivity index (χ4v) is 2.16.